The molecule has 1 aliphatic carbocycles. The van der Waals surface area contributed by atoms with Crippen molar-refractivity contribution < 1.29 is 18.3 Å². The molecule has 2 aromatic heterocycles. The molecule has 0 saturated heterocycles. The number of alkyl halides is 2. The molecule has 156 valence electrons. The zero-order valence-corrected chi connectivity index (χ0v) is 16.5. The number of benzene rings is 1. The average Bonchev–Trinajstić information content (AvgIpc) is 3.27. The summed E-state index contributed by atoms with van der Waals surface area (Å²) in [5.74, 6) is 0.382. The number of aromatic nitrogens is 2. The maximum Gasteiger partial charge on any atom is 0.387 e. The van der Waals surface area contributed by atoms with Crippen molar-refractivity contribution in [3.05, 3.63) is 72.8 Å². The molecule has 0 amide bonds. The molecular weight excluding hydrogens is 388 g/mol. The Kier molecular flexibility index (Phi) is 6.37. The van der Waals surface area contributed by atoms with E-state index in [0.29, 0.717) is 12.3 Å². The molecule has 2 heterocycles. The SMILES string of the molecule is FC(F)Oc1ccc(N(Cc2cccnc2)c2cccnc2)cc1OC1CCCC1. The van der Waals surface area contributed by atoms with E-state index in [4.69, 9.17) is 9.47 Å². The minimum atomic E-state index is -2.91. The third-order valence-electron chi connectivity index (χ3n) is 5.07. The predicted molar refractivity (Wildman–Crippen MR) is 110 cm³/mol. The Balaban J connectivity index is 1.69. The van der Waals surface area contributed by atoms with E-state index >= 15 is 0 Å². The van der Waals surface area contributed by atoms with Gasteiger partial charge in [0.1, 0.15) is 0 Å². The number of pyridine rings is 2. The molecule has 0 radical (unpaired) electrons. The van der Waals surface area contributed by atoms with Gasteiger partial charge in [0.2, 0.25) is 0 Å². The second kappa shape index (κ2) is 9.52. The largest absolute Gasteiger partial charge is 0.486 e. The highest BCUT2D eigenvalue weighted by Crippen LogP contribution is 2.38. The maximum absolute atomic E-state index is 12.9. The van der Waals surface area contributed by atoms with Crippen LogP contribution >= 0.6 is 0 Å². The molecule has 1 saturated carbocycles. The fraction of sp³-hybridized carbons (Fsp3) is 0.304. The quantitative estimate of drug-likeness (QED) is 0.473. The maximum atomic E-state index is 12.9. The van der Waals surface area contributed by atoms with Crippen LogP contribution in [0.15, 0.2) is 67.3 Å². The number of rotatable bonds is 8. The van der Waals surface area contributed by atoms with Crippen LogP contribution in [0, 0.1) is 0 Å². The van der Waals surface area contributed by atoms with Crippen molar-refractivity contribution in [3.8, 4) is 11.5 Å². The van der Waals surface area contributed by atoms with Crippen LogP contribution in [-0.2, 0) is 6.54 Å². The first-order valence-electron chi connectivity index (χ1n) is 10.0. The molecule has 5 nitrogen and oxygen atoms in total. The summed E-state index contributed by atoms with van der Waals surface area (Å²) >= 11 is 0. The molecule has 0 aliphatic heterocycles. The fourth-order valence-electron chi connectivity index (χ4n) is 3.66. The van der Waals surface area contributed by atoms with Gasteiger partial charge in [-0.3, -0.25) is 9.97 Å². The van der Waals surface area contributed by atoms with Gasteiger partial charge in [-0.25, -0.2) is 0 Å². The fourth-order valence-corrected chi connectivity index (χ4v) is 3.66. The van der Waals surface area contributed by atoms with Gasteiger partial charge in [0, 0.05) is 36.9 Å². The van der Waals surface area contributed by atoms with Crippen LogP contribution in [0.3, 0.4) is 0 Å². The zero-order chi connectivity index (χ0) is 20.8. The Morgan fingerprint density at radius 3 is 2.37 bits per heavy atom. The average molecular weight is 411 g/mol. The number of hydrogen-bond acceptors (Lipinski definition) is 5. The summed E-state index contributed by atoms with van der Waals surface area (Å²) < 4.78 is 36.6. The van der Waals surface area contributed by atoms with Gasteiger partial charge in [0.25, 0.3) is 0 Å². The van der Waals surface area contributed by atoms with Gasteiger partial charge in [0.05, 0.1) is 18.0 Å². The van der Waals surface area contributed by atoms with Crippen molar-refractivity contribution in [1.29, 1.82) is 0 Å². The Bertz CT molecular complexity index is 936. The van der Waals surface area contributed by atoms with Crippen LogP contribution in [-0.4, -0.2) is 22.7 Å². The summed E-state index contributed by atoms with van der Waals surface area (Å²) in [6.07, 6.45) is 11.0. The number of anilines is 2. The minimum Gasteiger partial charge on any atom is -0.486 e. The molecular formula is C23H23F2N3O2. The van der Waals surface area contributed by atoms with E-state index < -0.39 is 6.61 Å². The van der Waals surface area contributed by atoms with E-state index in [0.717, 1.165) is 42.6 Å². The number of hydrogen-bond donors (Lipinski definition) is 0. The van der Waals surface area contributed by atoms with E-state index in [9.17, 15) is 8.78 Å². The first kappa shape index (κ1) is 20.1. The molecule has 30 heavy (non-hydrogen) atoms. The van der Waals surface area contributed by atoms with Crippen molar-refractivity contribution in [1.82, 2.24) is 9.97 Å². The lowest BCUT2D eigenvalue weighted by molar-refractivity contribution is -0.0520. The molecule has 7 heteroatoms. The first-order chi connectivity index (χ1) is 14.7. The Hall–Kier alpha value is -3.22. The molecule has 0 atom stereocenters. The first-order valence-corrected chi connectivity index (χ1v) is 10.0. The standard InChI is InChI=1S/C23H23F2N3O2/c24-23(25)30-21-10-9-18(13-22(21)29-20-7-1-2-8-20)28(19-6-4-12-27-15-19)16-17-5-3-11-26-14-17/h3-6,9-15,20,23H,1-2,7-8,16H2. The Morgan fingerprint density at radius 2 is 1.70 bits per heavy atom. The molecule has 3 aromatic rings. The monoisotopic (exact) mass is 411 g/mol. The van der Waals surface area contributed by atoms with Crippen molar-refractivity contribution in [2.75, 3.05) is 4.90 Å². The number of ether oxygens (including phenoxy) is 2. The topological polar surface area (TPSA) is 47.5 Å². The van der Waals surface area contributed by atoms with Crippen molar-refractivity contribution >= 4 is 11.4 Å². The Labute approximate surface area is 174 Å². The highest BCUT2D eigenvalue weighted by Gasteiger charge is 2.21. The van der Waals surface area contributed by atoms with E-state index in [-0.39, 0.29) is 11.9 Å². The third kappa shape index (κ3) is 5.03. The van der Waals surface area contributed by atoms with E-state index in [2.05, 4.69) is 9.97 Å². The van der Waals surface area contributed by atoms with Crippen molar-refractivity contribution in [2.45, 2.75) is 44.9 Å². The second-order valence-electron chi connectivity index (χ2n) is 7.19. The summed E-state index contributed by atoms with van der Waals surface area (Å²) in [5.41, 5.74) is 2.67. The highest BCUT2D eigenvalue weighted by atomic mass is 19.3. The molecule has 0 N–H and O–H groups in total. The van der Waals surface area contributed by atoms with Crippen LogP contribution < -0.4 is 14.4 Å². The normalized spacial score (nSPS) is 14.1. The molecule has 1 aliphatic rings. The molecule has 0 spiro atoms. The molecule has 1 aromatic carbocycles. The molecule has 0 unspecified atom stereocenters. The smallest absolute Gasteiger partial charge is 0.387 e. The van der Waals surface area contributed by atoms with Gasteiger partial charge in [-0.15, -0.1) is 0 Å². The van der Waals surface area contributed by atoms with Gasteiger partial charge < -0.3 is 14.4 Å². The van der Waals surface area contributed by atoms with Gasteiger partial charge in [-0.05, 0) is 61.6 Å². The zero-order valence-electron chi connectivity index (χ0n) is 16.5. The number of nitrogens with zero attached hydrogens (tertiary/aromatic N) is 3. The lowest BCUT2D eigenvalue weighted by atomic mass is 10.2. The summed E-state index contributed by atoms with van der Waals surface area (Å²) in [6, 6.07) is 12.7. The van der Waals surface area contributed by atoms with Gasteiger partial charge in [0.15, 0.2) is 11.5 Å². The summed E-state index contributed by atoms with van der Waals surface area (Å²) in [5, 5.41) is 0. The molecule has 4 rings (SSSR count). The molecule has 0 bridgehead atoms. The van der Waals surface area contributed by atoms with Crippen LogP contribution in [0.2, 0.25) is 0 Å². The summed E-state index contributed by atoms with van der Waals surface area (Å²) in [6.45, 7) is -2.37. The van der Waals surface area contributed by atoms with E-state index in [1.54, 1.807) is 43.0 Å². The minimum absolute atomic E-state index is 0.0189. The van der Waals surface area contributed by atoms with Crippen LogP contribution in [0.4, 0.5) is 20.2 Å². The van der Waals surface area contributed by atoms with E-state index in [1.165, 1.54) is 0 Å². The summed E-state index contributed by atoms with van der Waals surface area (Å²) in [4.78, 5) is 10.4. The predicted octanol–water partition coefficient (Wildman–Crippen LogP) is 5.74. The Morgan fingerprint density at radius 1 is 0.933 bits per heavy atom. The van der Waals surface area contributed by atoms with E-state index in [1.807, 2.05) is 29.2 Å². The second-order valence-corrected chi connectivity index (χ2v) is 7.19. The highest BCUT2D eigenvalue weighted by molar-refractivity contribution is 5.66. The van der Waals surface area contributed by atoms with Crippen molar-refractivity contribution in [3.63, 3.8) is 0 Å². The van der Waals surface area contributed by atoms with Gasteiger partial charge in [-0.2, -0.15) is 8.78 Å². The van der Waals surface area contributed by atoms with Gasteiger partial charge >= 0.3 is 6.61 Å². The lowest BCUT2D eigenvalue weighted by Gasteiger charge is -2.26. The van der Waals surface area contributed by atoms with Crippen LogP contribution in [0.1, 0.15) is 31.2 Å². The summed E-state index contributed by atoms with van der Waals surface area (Å²) in [7, 11) is 0. The third-order valence-corrected chi connectivity index (χ3v) is 5.07. The van der Waals surface area contributed by atoms with Crippen molar-refractivity contribution in [2.24, 2.45) is 0 Å². The lowest BCUT2D eigenvalue weighted by Crippen LogP contribution is -2.18. The molecule has 1 fully saturated rings. The van der Waals surface area contributed by atoms with Gasteiger partial charge in [-0.1, -0.05) is 6.07 Å². The number of halogens is 2. The van der Waals surface area contributed by atoms with Crippen LogP contribution in [0.25, 0.3) is 0 Å². The van der Waals surface area contributed by atoms with Crippen LogP contribution in [0.5, 0.6) is 11.5 Å².